The number of nitrogens with two attached hydrogens (primary N) is 1. The van der Waals surface area contributed by atoms with E-state index in [9.17, 15) is 13.2 Å². The fourth-order valence-electron chi connectivity index (χ4n) is 2.46. The monoisotopic (exact) mass is 306 g/mol. The third-order valence-electron chi connectivity index (χ3n) is 3.96. The zero-order valence-corrected chi connectivity index (χ0v) is 11.9. The fraction of sp³-hybridized carbons (Fsp3) is 0.294. The van der Waals surface area contributed by atoms with Crippen molar-refractivity contribution in [3.05, 3.63) is 65.2 Å². The molecule has 0 radical (unpaired) electrons. The molecule has 0 aromatic heterocycles. The van der Waals surface area contributed by atoms with Crippen molar-refractivity contribution in [2.24, 2.45) is 5.73 Å². The van der Waals surface area contributed by atoms with E-state index in [1.165, 1.54) is 17.7 Å². The number of nitrogens with one attached hydrogen (secondary N) is 1. The maximum atomic E-state index is 12.5. The van der Waals surface area contributed by atoms with Crippen LogP contribution in [0.3, 0.4) is 0 Å². The summed E-state index contributed by atoms with van der Waals surface area (Å²) in [5, 5.41) is 3.20. The Bertz CT molecular complexity index is 632. The molecule has 5 heteroatoms. The summed E-state index contributed by atoms with van der Waals surface area (Å²) in [4.78, 5) is 0. The van der Waals surface area contributed by atoms with Crippen LogP contribution in [-0.4, -0.2) is 6.04 Å². The summed E-state index contributed by atoms with van der Waals surface area (Å²) >= 11 is 0. The Morgan fingerprint density at radius 1 is 1.00 bits per heavy atom. The lowest BCUT2D eigenvalue weighted by Crippen LogP contribution is -2.05. The number of rotatable bonds is 4. The van der Waals surface area contributed by atoms with E-state index in [2.05, 4.69) is 5.32 Å². The predicted molar refractivity (Wildman–Crippen MR) is 80.5 cm³/mol. The van der Waals surface area contributed by atoms with E-state index in [1.54, 1.807) is 0 Å². The Morgan fingerprint density at radius 2 is 1.59 bits per heavy atom. The molecule has 22 heavy (non-hydrogen) atoms. The number of halogens is 3. The van der Waals surface area contributed by atoms with Gasteiger partial charge in [-0.1, -0.05) is 24.3 Å². The van der Waals surface area contributed by atoms with Crippen molar-refractivity contribution in [3.63, 3.8) is 0 Å². The highest BCUT2D eigenvalue weighted by Gasteiger charge is 2.34. The highest BCUT2D eigenvalue weighted by atomic mass is 19.4. The van der Waals surface area contributed by atoms with Crippen molar-refractivity contribution in [1.82, 2.24) is 0 Å². The minimum atomic E-state index is -4.29. The molecule has 1 aliphatic rings. The van der Waals surface area contributed by atoms with Crippen LogP contribution in [0.15, 0.2) is 48.5 Å². The Morgan fingerprint density at radius 3 is 2.09 bits per heavy atom. The lowest BCUT2D eigenvalue weighted by molar-refractivity contribution is -0.137. The quantitative estimate of drug-likeness (QED) is 0.891. The highest BCUT2D eigenvalue weighted by molar-refractivity contribution is 5.47. The van der Waals surface area contributed by atoms with Crippen LogP contribution in [0.4, 0.5) is 18.9 Å². The van der Waals surface area contributed by atoms with Gasteiger partial charge in [0.15, 0.2) is 0 Å². The topological polar surface area (TPSA) is 38.0 Å². The van der Waals surface area contributed by atoms with Crippen LogP contribution >= 0.6 is 0 Å². The van der Waals surface area contributed by atoms with Crippen molar-refractivity contribution in [3.8, 4) is 0 Å². The van der Waals surface area contributed by atoms with E-state index in [1.807, 2.05) is 24.3 Å². The molecule has 0 unspecified atom stereocenters. The van der Waals surface area contributed by atoms with Gasteiger partial charge in [0.2, 0.25) is 0 Å². The van der Waals surface area contributed by atoms with E-state index < -0.39 is 11.7 Å². The molecule has 2 atom stereocenters. The van der Waals surface area contributed by atoms with Gasteiger partial charge in [0.1, 0.15) is 0 Å². The van der Waals surface area contributed by atoms with E-state index in [4.69, 9.17) is 5.73 Å². The van der Waals surface area contributed by atoms with E-state index in [-0.39, 0.29) is 6.04 Å². The van der Waals surface area contributed by atoms with Crippen molar-refractivity contribution < 1.29 is 13.2 Å². The molecule has 1 aliphatic carbocycles. The van der Waals surface area contributed by atoms with E-state index in [0.29, 0.717) is 12.5 Å². The first-order valence-corrected chi connectivity index (χ1v) is 7.19. The van der Waals surface area contributed by atoms with E-state index in [0.717, 1.165) is 29.8 Å². The van der Waals surface area contributed by atoms with Gasteiger partial charge in [0.25, 0.3) is 0 Å². The number of hydrogen-bond donors (Lipinski definition) is 2. The summed E-state index contributed by atoms with van der Waals surface area (Å²) in [5.74, 6) is 0.476. The molecule has 1 saturated carbocycles. The van der Waals surface area contributed by atoms with Gasteiger partial charge in [0, 0.05) is 24.2 Å². The molecular formula is C17H17F3N2. The Labute approximate surface area is 127 Å². The van der Waals surface area contributed by atoms with Crippen LogP contribution in [0.5, 0.6) is 0 Å². The van der Waals surface area contributed by atoms with Gasteiger partial charge < -0.3 is 11.1 Å². The molecular weight excluding hydrogens is 289 g/mol. The molecule has 2 aromatic rings. The molecule has 0 saturated heterocycles. The molecule has 1 fully saturated rings. The third-order valence-corrected chi connectivity index (χ3v) is 3.96. The summed E-state index contributed by atoms with van der Waals surface area (Å²) in [6, 6.07) is 13.5. The second kappa shape index (κ2) is 5.65. The minimum Gasteiger partial charge on any atom is -0.381 e. The summed E-state index contributed by atoms with van der Waals surface area (Å²) in [6.45, 7) is 0.487. The third kappa shape index (κ3) is 3.42. The molecule has 2 aromatic carbocycles. The van der Waals surface area contributed by atoms with Gasteiger partial charge >= 0.3 is 6.18 Å². The standard InChI is InChI=1S/C17H17F3N2/c18-17(19,20)13-5-1-11(2-6-13)10-22-14-7-3-12(4-8-14)15-9-16(15)21/h1-8,15-16,22H,9-10,21H2/t15-,16+/m1/s1. The lowest BCUT2D eigenvalue weighted by Gasteiger charge is -2.10. The van der Waals surface area contributed by atoms with Gasteiger partial charge in [-0.2, -0.15) is 13.2 Å². The Kier molecular flexibility index (Phi) is 3.83. The van der Waals surface area contributed by atoms with Crippen LogP contribution in [0, 0.1) is 0 Å². The molecule has 3 N–H and O–H groups in total. The number of alkyl halides is 3. The first-order chi connectivity index (χ1) is 10.4. The summed E-state index contributed by atoms with van der Waals surface area (Å²) in [5.41, 5.74) is 8.19. The Balaban J connectivity index is 1.58. The molecule has 0 heterocycles. The second-order valence-electron chi connectivity index (χ2n) is 5.68. The summed E-state index contributed by atoms with van der Waals surface area (Å²) in [7, 11) is 0. The average molecular weight is 306 g/mol. The first kappa shape index (κ1) is 14.9. The molecule has 0 amide bonds. The van der Waals surface area contributed by atoms with Gasteiger partial charge in [-0.3, -0.25) is 0 Å². The fourth-order valence-corrected chi connectivity index (χ4v) is 2.46. The van der Waals surface area contributed by atoms with Crippen LogP contribution in [0.25, 0.3) is 0 Å². The summed E-state index contributed by atoms with van der Waals surface area (Å²) in [6.07, 6.45) is -3.25. The smallest absolute Gasteiger partial charge is 0.381 e. The molecule has 0 bridgehead atoms. The number of benzene rings is 2. The minimum absolute atomic E-state index is 0.283. The van der Waals surface area contributed by atoms with Gasteiger partial charge in [-0.15, -0.1) is 0 Å². The maximum absolute atomic E-state index is 12.5. The average Bonchev–Trinajstić information content (AvgIpc) is 3.22. The van der Waals surface area contributed by atoms with E-state index >= 15 is 0 Å². The maximum Gasteiger partial charge on any atom is 0.416 e. The van der Waals surface area contributed by atoms with Gasteiger partial charge in [-0.25, -0.2) is 0 Å². The molecule has 116 valence electrons. The van der Waals surface area contributed by atoms with Gasteiger partial charge in [0.05, 0.1) is 5.56 Å². The normalized spacial score (nSPS) is 20.7. The second-order valence-corrected chi connectivity index (χ2v) is 5.68. The van der Waals surface area contributed by atoms with Crippen molar-refractivity contribution in [2.75, 3.05) is 5.32 Å². The lowest BCUT2D eigenvalue weighted by atomic mass is 10.1. The zero-order valence-electron chi connectivity index (χ0n) is 11.9. The summed E-state index contributed by atoms with van der Waals surface area (Å²) < 4.78 is 37.4. The molecule has 2 nitrogen and oxygen atoms in total. The molecule has 3 rings (SSSR count). The first-order valence-electron chi connectivity index (χ1n) is 7.19. The zero-order chi connectivity index (χ0) is 15.7. The van der Waals surface area contributed by atoms with Crippen LogP contribution in [0.2, 0.25) is 0 Å². The van der Waals surface area contributed by atoms with Crippen LogP contribution in [0.1, 0.15) is 29.0 Å². The van der Waals surface area contributed by atoms with Crippen molar-refractivity contribution in [1.29, 1.82) is 0 Å². The van der Waals surface area contributed by atoms with Crippen LogP contribution < -0.4 is 11.1 Å². The van der Waals surface area contributed by atoms with Crippen LogP contribution in [-0.2, 0) is 12.7 Å². The largest absolute Gasteiger partial charge is 0.416 e. The molecule has 0 aliphatic heterocycles. The predicted octanol–water partition coefficient (Wildman–Crippen LogP) is 4.13. The Hall–Kier alpha value is -2.01. The van der Waals surface area contributed by atoms with Crippen molar-refractivity contribution in [2.45, 2.75) is 31.1 Å². The number of hydrogen-bond acceptors (Lipinski definition) is 2. The highest BCUT2D eigenvalue weighted by Crippen LogP contribution is 2.39. The molecule has 0 spiro atoms. The SMILES string of the molecule is N[C@H]1C[C@@H]1c1ccc(NCc2ccc(C(F)(F)F)cc2)cc1. The van der Waals surface area contributed by atoms with Crippen molar-refractivity contribution >= 4 is 5.69 Å². The number of anilines is 1. The van der Waals surface area contributed by atoms with Gasteiger partial charge in [-0.05, 0) is 41.8 Å².